The number of likely N-dealkylation sites (N-methyl/N-ethyl adjacent to an activating group) is 2. The number of likely N-dealkylation sites (tertiary alicyclic amines) is 1. The Balaban J connectivity index is 2.04. The molecule has 0 aromatic heterocycles. The van der Waals surface area contributed by atoms with Gasteiger partial charge in [0.2, 0.25) is 0 Å². The molecule has 106 valence electrons. The van der Waals surface area contributed by atoms with Crippen LogP contribution >= 0.6 is 0 Å². The van der Waals surface area contributed by atoms with Crippen LogP contribution in [0.4, 0.5) is 5.69 Å². The van der Waals surface area contributed by atoms with Crippen molar-refractivity contribution in [3.63, 3.8) is 0 Å². The molecule has 1 fully saturated rings. The van der Waals surface area contributed by atoms with Gasteiger partial charge >= 0.3 is 0 Å². The Kier molecular flexibility index (Phi) is 4.83. The van der Waals surface area contributed by atoms with Gasteiger partial charge in [-0.15, -0.1) is 0 Å². The highest BCUT2D eigenvalue weighted by molar-refractivity contribution is 5.48. The topological polar surface area (TPSA) is 26.7 Å². The molecule has 1 aromatic carbocycles. The van der Waals surface area contributed by atoms with Crippen molar-refractivity contribution in [1.82, 2.24) is 4.90 Å². The largest absolute Gasteiger partial charge is 0.388 e. The van der Waals surface area contributed by atoms with Crippen LogP contribution < -0.4 is 4.90 Å². The first-order valence-corrected chi connectivity index (χ1v) is 7.31. The second-order valence-corrected chi connectivity index (χ2v) is 5.68. The fourth-order valence-electron chi connectivity index (χ4n) is 2.83. The minimum Gasteiger partial charge on any atom is -0.388 e. The number of aliphatic hydroxyl groups is 1. The Bertz CT molecular complexity index is 390. The van der Waals surface area contributed by atoms with E-state index in [2.05, 4.69) is 36.0 Å². The van der Waals surface area contributed by atoms with Crippen molar-refractivity contribution < 1.29 is 5.11 Å². The smallest absolute Gasteiger partial charge is 0.0787 e. The molecule has 1 aliphatic heterocycles. The summed E-state index contributed by atoms with van der Waals surface area (Å²) in [5, 5.41) is 9.82. The summed E-state index contributed by atoms with van der Waals surface area (Å²) in [5.74, 6) is 0. The molecule has 0 aliphatic carbocycles. The lowest BCUT2D eigenvalue weighted by Crippen LogP contribution is -2.45. The number of hydrogen-bond donors (Lipinski definition) is 1. The zero-order chi connectivity index (χ0) is 13.8. The van der Waals surface area contributed by atoms with Crippen LogP contribution in [0.5, 0.6) is 0 Å². The van der Waals surface area contributed by atoms with Gasteiger partial charge in [0, 0.05) is 25.3 Å². The minimum absolute atomic E-state index is 0.333. The molecule has 2 atom stereocenters. The van der Waals surface area contributed by atoms with Crippen LogP contribution in [0.3, 0.4) is 0 Å². The number of piperidine rings is 1. The first-order valence-electron chi connectivity index (χ1n) is 7.31. The van der Waals surface area contributed by atoms with Gasteiger partial charge in [0.15, 0.2) is 0 Å². The van der Waals surface area contributed by atoms with Gasteiger partial charge in [-0.2, -0.15) is 0 Å². The van der Waals surface area contributed by atoms with E-state index in [9.17, 15) is 5.11 Å². The van der Waals surface area contributed by atoms with Crippen LogP contribution in [0.15, 0.2) is 24.3 Å². The third-order valence-electron chi connectivity index (χ3n) is 4.22. The van der Waals surface area contributed by atoms with E-state index < -0.39 is 0 Å². The molecule has 1 aromatic rings. The zero-order valence-electron chi connectivity index (χ0n) is 12.3. The quantitative estimate of drug-likeness (QED) is 0.903. The van der Waals surface area contributed by atoms with E-state index >= 15 is 0 Å². The van der Waals surface area contributed by atoms with Gasteiger partial charge in [-0.05, 0) is 50.6 Å². The summed E-state index contributed by atoms with van der Waals surface area (Å²) < 4.78 is 0. The van der Waals surface area contributed by atoms with Crippen molar-refractivity contribution in [3.05, 3.63) is 29.8 Å². The predicted octanol–water partition coefficient (Wildman–Crippen LogP) is 2.66. The summed E-state index contributed by atoms with van der Waals surface area (Å²) in [4.78, 5) is 4.78. The van der Waals surface area contributed by atoms with Crippen LogP contribution in [-0.2, 0) is 0 Å². The van der Waals surface area contributed by atoms with Gasteiger partial charge in [0.25, 0.3) is 0 Å². The molecule has 19 heavy (non-hydrogen) atoms. The van der Waals surface area contributed by atoms with Gasteiger partial charge in [-0.25, -0.2) is 0 Å². The highest BCUT2D eigenvalue weighted by atomic mass is 16.3. The lowest BCUT2D eigenvalue weighted by atomic mass is 10.0. The van der Waals surface area contributed by atoms with E-state index in [1.54, 1.807) is 0 Å². The number of benzene rings is 1. The van der Waals surface area contributed by atoms with E-state index in [4.69, 9.17) is 0 Å². The monoisotopic (exact) mass is 262 g/mol. The molecule has 0 spiro atoms. The van der Waals surface area contributed by atoms with Crippen molar-refractivity contribution in [1.29, 1.82) is 0 Å². The van der Waals surface area contributed by atoms with E-state index in [0.29, 0.717) is 6.04 Å². The van der Waals surface area contributed by atoms with Crippen molar-refractivity contribution in [3.8, 4) is 0 Å². The zero-order valence-corrected chi connectivity index (χ0v) is 12.3. The van der Waals surface area contributed by atoms with Crippen molar-refractivity contribution in [2.75, 3.05) is 32.1 Å². The molecule has 1 N–H and O–H groups in total. The SMILES string of the molecule is CC[C@@H](O)c1ccc(N(C)C2CCCN(C)C2)cc1. The van der Waals surface area contributed by atoms with Gasteiger partial charge < -0.3 is 14.9 Å². The average Bonchev–Trinajstić information content (AvgIpc) is 2.46. The molecule has 1 heterocycles. The molecule has 3 heteroatoms. The Morgan fingerprint density at radius 3 is 2.63 bits per heavy atom. The molecule has 3 nitrogen and oxygen atoms in total. The molecular formula is C16H26N2O. The van der Waals surface area contributed by atoms with Crippen LogP contribution in [0.2, 0.25) is 0 Å². The van der Waals surface area contributed by atoms with Crippen LogP contribution in [-0.4, -0.2) is 43.2 Å². The van der Waals surface area contributed by atoms with Gasteiger partial charge in [-0.1, -0.05) is 19.1 Å². The Labute approximate surface area is 116 Å². The normalized spacial score (nSPS) is 22.2. The van der Waals surface area contributed by atoms with Crippen LogP contribution in [0, 0.1) is 0 Å². The summed E-state index contributed by atoms with van der Waals surface area (Å²) in [7, 11) is 4.37. The number of hydrogen-bond acceptors (Lipinski definition) is 3. The van der Waals surface area contributed by atoms with Gasteiger partial charge in [0.1, 0.15) is 0 Å². The lowest BCUT2D eigenvalue weighted by molar-refractivity contribution is 0.173. The molecular weight excluding hydrogens is 236 g/mol. The second kappa shape index (κ2) is 6.40. The van der Waals surface area contributed by atoms with Crippen molar-refractivity contribution >= 4 is 5.69 Å². The third kappa shape index (κ3) is 3.48. The molecule has 1 saturated heterocycles. The maximum absolute atomic E-state index is 9.82. The first-order chi connectivity index (χ1) is 9.11. The number of anilines is 1. The lowest BCUT2D eigenvalue weighted by Gasteiger charge is -2.37. The highest BCUT2D eigenvalue weighted by Gasteiger charge is 2.21. The average molecular weight is 262 g/mol. The van der Waals surface area contributed by atoms with Gasteiger partial charge in [-0.3, -0.25) is 0 Å². The Hall–Kier alpha value is -1.06. The highest BCUT2D eigenvalue weighted by Crippen LogP contribution is 2.24. The van der Waals surface area contributed by atoms with Crippen LogP contribution in [0.25, 0.3) is 0 Å². The summed E-state index contributed by atoms with van der Waals surface area (Å²) in [6.07, 6.45) is 2.97. The van der Waals surface area contributed by atoms with Gasteiger partial charge in [0.05, 0.1) is 6.10 Å². The molecule has 0 radical (unpaired) electrons. The first kappa shape index (κ1) is 14.4. The molecule has 2 rings (SSSR count). The van der Waals surface area contributed by atoms with E-state index in [1.165, 1.54) is 25.1 Å². The van der Waals surface area contributed by atoms with Crippen LogP contribution in [0.1, 0.15) is 37.9 Å². The Morgan fingerprint density at radius 1 is 1.37 bits per heavy atom. The molecule has 0 amide bonds. The standard InChI is InChI=1S/C16H26N2O/c1-4-16(19)13-7-9-14(10-8-13)18(3)15-6-5-11-17(2)12-15/h7-10,15-16,19H,4-6,11-12H2,1-3H3/t15?,16-/m1/s1. The number of rotatable bonds is 4. The summed E-state index contributed by atoms with van der Waals surface area (Å²) in [6.45, 7) is 4.35. The Morgan fingerprint density at radius 2 is 2.05 bits per heavy atom. The molecule has 0 bridgehead atoms. The summed E-state index contributed by atoms with van der Waals surface area (Å²) >= 11 is 0. The van der Waals surface area contributed by atoms with E-state index in [0.717, 1.165) is 18.5 Å². The summed E-state index contributed by atoms with van der Waals surface area (Å²) in [5.41, 5.74) is 2.26. The molecule has 1 aliphatic rings. The van der Waals surface area contributed by atoms with Crippen molar-refractivity contribution in [2.45, 2.75) is 38.3 Å². The predicted molar refractivity (Wildman–Crippen MR) is 80.6 cm³/mol. The van der Waals surface area contributed by atoms with E-state index in [1.807, 2.05) is 19.1 Å². The summed E-state index contributed by atoms with van der Waals surface area (Å²) in [6, 6.07) is 8.95. The molecule has 0 saturated carbocycles. The number of nitrogens with zero attached hydrogens (tertiary/aromatic N) is 2. The second-order valence-electron chi connectivity index (χ2n) is 5.68. The minimum atomic E-state index is -0.333. The van der Waals surface area contributed by atoms with Crippen molar-refractivity contribution in [2.24, 2.45) is 0 Å². The third-order valence-corrected chi connectivity index (χ3v) is 4.22. The maximum atomic E-state index is 9.82. The molecule has 1 unspecified atom stereocenters. The fourth-order valence-corrected chi connectivity index (χ4v) is 2.83. The number of aliphatic hydroxyl groups excluding tert-OH is 1. The fraction of sp³-hybridized carbons (Fsp3) is 0.625. The van der Waals surface area contributed by atoms with E-state index in [-0.39, 0.29) is 6.10 Å². The maximum Gasteiger partial charge on any atom is 0.0787 e.